The van der Waals surface area contributed by atoms with Crippen LogP contribution in [0.5, 0.6) is 0 Å². The minimum atomic E-state index is -1.23. The molecule has 1 aromatic carbocycles. The second-order valence-electron chi connectivity index (χ2n) is 4.13. The molecule has 0 aliphatic heterocycles. The fourth-order valence-corrected chi connectivity index (χ4v) is 1.70. The Kier molecular flexibility index (Phi) is 3.65. The first kappa shape index (κ1) is 13.5. The van der Waals surface area contributed by atoms with Crippen LogP contribution in [0.4, 0.5) is 5.69 Å². The number of carbonyl (C=O) groups is 1. The van der Waals surface area contributed by atoms with Gasteiger partial charge in [-0.25, -0.2) is 9.48 Å². The highest BCUT2D eigenvalue weighted by atomic mass is 16.4. The van der Waals surface area contributed by atoms with E-state index in [0.29, 0.717) is 15.9 Å². The Balaban J connectivity index is 2.42. The number of carboxylic acids is 1. The average molecular weight is 276 g/mol. The van der Waals surface area contributed by atoms with Gasteiger partial charge in [0.05, 0.1) is 0 Å². The van der Waals surface area contributed by atoms with Crippen LogP contribution in [0.25, 0.3) is 0 Å². The van der Waals surface area contributed by atoms with Gasteiger partial charge in [-0.2, -0.15) is 5.10 Å². The van der Waals surface area contributed by atoms with Crippen molar-refractivity contribution >= 4 is 11.7 Å². The number of rotatable bonds is 4. The summed E-state index contributed by atoms with van der Waals surface area (Å²) >= 11 is 0. The smallest absolute Gasteiger partial charge is 0.345 e. The fourth-order valence-electron chi connectivity index (χ4n) is 1.70. The van der Waals surface area contributed by atoms with E-state index in [2.05, 4.69) is 5.10 Å². The van der Waals surface area contributed by atoms with Crippen molar-refractivity contribution in [2.75, 3.05) is 5.73 Å². The van der Waals surface area contributed by atoms with Crippen molar-refractivity contribution in [1.29, 1.82) is 0 Å². The number of benzene rings is 1. The molecular formula is C12H12N4O4. The number of nitrogens with zero attached hydrogens (tertiary/aromatic N) is 2. The number of nitrogens with two attached hydrogens (primary N) is 1. The van der Waals surface area contributed by atoms with E-state index in [4.69, 9.17) is 10.8 Å². The van der Waals surface area contributed by atoms with Crippen LogP contribution in [0, 0.1) is 0 Å². The lowest BCUT2D eigenvalue weighted by atomic mass is 10.1. The molecule has 0 aliphatic carbocycles. The van der Waals surface area contributed by atoms with Crippen LogP contribution in [0.2, 0.25) is 0 Å². The molecule has 104 valence electrons. The van der Waals surface area contributed by atoms with E-state index in [9.17, 15) is 14.4 Å². The third kappa shape index (κ3) is 2.91. The van der Waals surface area contributed by atoms with Crippen LogP contribution < -0.4 is 17.0 Å². The number of aromatic amines is 1. The number of nitrogens with one attached hydrogen (secondary N) is 1. The Morgan fingerprint density at radius 2 is 2.05 bits per heavy atom. The van der Waals surface area contributed by atoms with E-state index in [1.54, 1.807) is 24.3 Å². The molecule has 2 aromatic rings. The maximum Gasteiger partial charge on any atom is 0.345 e. The average Bonchev–Trinajstić information content (AvgIpc) is 2.37. The van der Waals surface area contributed by atoms with Gasteiger partial charge >= 0.3 is 11.7 Å². The van der Waals surface area contributed by atoms with E-state index in [0.717, 1.165) is 0 Å². The van der Waals surface area contributed by atoms with Gasteiger partial charge in [0.2, 0.25) is 0 Å². The maximum absolute atomic E-state index is 11.7. The SMILES string of the molecule is Nc1ccccc1Cc1nn(CC(=O)O)c(=O)[nH]c1=O. The van der Waals surface area contributed by atoms with Gasteiger partial charge in [-0.1, -0.05) is 18.2 Å². The molecule has 0 radical (unpaired) electrons. The maximum atomic E-state index is 11.7. The van der Waals surface area contributed by atoms with Crippen LogP contribution in [0.3, 0.4) is 0 Å². The van der Waals surface area contributed by atoms with Crippen LogP contribution >= 0.6 is 0 Å². The predicted octanol–water partition coefficient (Wildman–Crippen LogP) is -0.811. The second-order valence-corrected chi connectivity index (χ2v) is 4.13. The summed E-state index contributed by atoms with van der Waals surface area (Å²) in [5, 5.41) is 12.4. The summed E-state index contributed by atoms with van der Waals surface area (Å²) in [5.74, 6) is -1.23. The molecule has 1 aromatic heterocycles. The summed E-state index contributed by atoms with van der Waals surface area (Å²) in [6.07, 6.45) is 0.113. The van der Waals surface area contributed by atoms with Crippen molar-refractivity contribution in [3.05, 3.63) is 56.4 Å². The molecule has 8 nitrogen and oxygen atoms in total. The number of aliphatic carboxylic acids is 1. The lowest BCUT2D eigenvalue weighted by Gasteiger charge is -2.06. The van der Waals surface area contributed by atoms with Crippen LogP contribution in [-0.2, 0) is 17.8 Å². The predicted molar refractivity (Wildman–Crippen MR) is 70.4 cm³/mol. The van der Waals surface area contributed by atoms with E-state index in [1.807, 2.05) is 4.98 Å². The Labute approximate surface area is 112 Å². The third-order valence-corrected chi connectivity index (χ3v) is 2.66. The van der Waals surface area contributed by atoms with Crippen molar-refractivity contribution < 1.29 is 9.90 Å². The van der Waals surface area contributed by atoms with Crippen molar-refractivity contribution in [2.45, 2.75) is 13.0 Å². The molecule has 8 heteroatoms. The number of hydrogen-bond donors (Lipinski definition) is 3. The Morgan fingerprint density at radius 1 is 1.35 bits per heavy atom. The van der Waals surface area contributed by atoms with E-state index >= 15 is 0 Å². The molecular weight excluding hydrogens is 264 g/mol. The zero-order valence-corrected chi connectivity index (χ0v) is 10.4. The van der Waals surface area contributed by atoms with Crippen LogP contribution in [-0.4, -0.2) is 25.8 Å². The molecule has 0 aliphatic rings. The van der Waals surface area contributed by atoms with Gasteiger partial charge in [-0.05, 0) is 11.6 Å². The number of para-hydroxylation sites is 1. The first-order chi connectivity index (χ1) is 9.47. The van der Waals surface area contributed by atoms with Crippen LogP contribution in [0.15, 0.2) is 33.9 Å². The molecule has 4 N–H and O–H groups in total. The molecule has 0 saturated carbocycles. The van der Waals surface area contributed by atoms with Gasteiger partial charge in [-0.3, -0.25) is 14.6 Å². The number of hydrogen-bond acceptors (Lipinski definition) is 5. The lowest BCUT2D eigenvalue weighted by Crippen LogP contribution is -2.36. The van der Waals surface area contributed by atoms with E-state index < -0.39 is 23.8 Å². The van der Waals surface area contributed by atoms with Gasteiger partial charge in [0.1, 0.15) is 12.2 Å². The first-order valence-electron chi connectivity index (χ1n) is 5.73. The zero-order valence-electron chi connectivity index (χ0n) is 10.4. The molecule has 0 atom stereocenters. The van der Waals surface area contributed by atoms with Gasteiger partial charge in [0.25, 0.3) is 5.56 Å². The Hall–Kier alpha value is -2.90. The highest BCUT2D eigenvalue weighted by Crippen LogP contribution is 2.12. The normalized spacial score (nSPS) is 10.4. The Morgan fingerprint density at radius 3 is 2.70 bits per heavy atom. The molecule has 0 amide bonds. The quantitative estimate of drug-likeness (QED) is 0.626. The summed E-state index contributed by atoms with van der Waals surface area (Å²) in [6.45, 7) is -0.618. The van der Waals surface area contributed by atoms with Gasteiger partial charge < -0.3 is 10.8 Å². The van der Waals surface area contributed by atoms with E-state index in [1.165, 1.54) is 0 Å². The van der Waals surface area contributed by atoms with Crippen LogP contribution in [0.1, 0.15) is 11.3 Å². The summed E-state index contributed by atoms with van der Waals surface area (Å²) in [6, 6.07) is 6.91. The summed E-state index contributed by atoms with van der Waals surface area (Å²) in [5.41, 5.74) is 5.45. The largest absolute Gasteiger partial charge is 0.480 e. The molecule has 0 fully saturated rings. The minimum absolute atomic E-state index is 0.0313. The fraction of sp³-hybridized carbons (Fsp3) is 0.167. The summed E-state index contributed by atoms with van der Waals surface area (Å²) < 4.78 is 0.693. The molecule has 0 unspecified atom stereocenters. The topological polar surface area (TPSA) is 131 Å². The molecule has 20 heavy (non-hydrogen) atoms. The minimum Gasteiger partial charge on any atom is -0.480 e. The highest BCUT2D eigenvalue weighted by molar-refractivity contribution is 5.66. The Bertz CT molecular complexity index is 763. The van der Waals surface area contributed by atoms with Crippen molar-refractivity contribution in [3.63, 3.8) is 0 Å². The summed E-state index contributed by atoms with van der Waals surface area (Å²) in [7, 11) is 0. The molecule has 2 rings (SSSR count). The van der Waals surface area contributed by atoms with Gasteiger partial charge in [0, 0.05) is 12.1 Å². The van der Waals surface area contributed by atoms with Gasteiger partial charge in [0.15, 0.2) is 0 Å². The van der Waals surface area contributed by atoms with Gasteiger partial charge in [-0.15, -0.1) is 0 Å². The number of nitrogen functional groups attached to an aromatic ring is 1. The van der Waals surface area contributed by atoms with Crippen molar-refractivity contribution in [3.8, 4) is 0 Å². The van der Waals surface area contributed by atoms with E-state index in [-0.39, 0.29) is 12.1 Å². The number of carboxylic acid groups (broad SMARTS) is 1. The zero-order chi connectivity index (χ0) is 14.7. The molecule has 0 spiro atoms. The molecule has 0 saturated heterocycles. The van der Waals surface area contributed by atoms with Crippen molar-refractivity contribution in [1.82, 2.24) is 14.8 Å². The third-order valence-electron chi connectivity index (χ3n) is 2.66. The second kappa shape index (κ2) is 5.39. The number of H-pyrrole nitrogens is 1. The molecule has 0 bridgehead atoms. The monoisotopic (exact) mass is 276 g/mol. The molecule has 1 heterocycles. The number of aromatic nitrogens is 3. The first-order valence-corrected chi connectivity index (χ1v) is 5.73. The van der Waals surface area contributed by atoms with Crippen molar-refractivity contribution in [2.24, 2.45) is 0 Å². The lowest BCUT2D eigenvalue weighted by molar-refractivity contribution is -0.138. The highest BCUT2D eigenvalue weighted by Gasteiger charge is 2.11. The standard InChI is InChI=1S/C12H12N4O4/c13-8-4-2-1-3-7(8)5-9-11(19)14-12(20)16(15-9)6-10(17)18/h1-4H,5-6,13H2,(H,17,18)(H,14,19,20). The number of anilines is 1. The summed E-state index contributed by atoms with van der Waals surface area (Å²) in [4.78, 5) is 35.7.